The van der Waals surface area contributed by atoms with Gasteiger partial charge in [-0.1, -0.05) is 56.7 Å². The molecule has 0 aromatic rings. The minimum absolute atomic E-state index is 0.0903. The van der Waals surface area contributed by atoms with Gasteiger partial charge in [-0.3, -0.25) is 0 Å². The first-order valence-electron chi connectivity index (χ1n) is 11.9. The van der Waals surface area contributed by atoms with E-state index in [1.54, 1.807) is 5.57 Å². The summed E-state index contributed by atoms with van der Waals surface area (Å²) in [6.07, 6.45) is 18.4. The molecular formula is C27H42O. The molecule has 156 valence electrons. The summed E-state index contributed by atoms with van der Waals surface area (Å²) in [6, 6.07) is 0. The molecule has 1 heteroatoms. The Morgan fingerprint density at radius 3 is 2.75 bits per heavy atom. The van der Waals surface area contributed by atoms with E-state index < -0.39 is 0 Å². The first-order valence-corrected chi connectivity index (χ1v) is 11.9. The van der Waals surface area contributed by atoms with Crippen molar-refractivity contribution >= 4 is 0 Å². The molecule has 0 aromatic carbocycles. The molecule has 0 spiro atoms. The Labute approximate surface area is 173 Å². The van der Waals surface area contributed by atoms with E-state index in [2.05, 4.69) is 52.5 Å². The van der Waals surface area contributed by atoms with Crippen LogP contribution in [0.1, 0.15) is 85.5 Å². The van der Waals surface area contributed by atoms with Crippen molar-refractivity contribution in [2.24, 2.45) is 40.4 Å². The Morgan fingerprint density at radius 2 is 2.00 bits per heavy atom. The minimum atomic E-state index is -0.0903. The Hall–Kier alpha value is -0.820. The Bertz CT molecular complexity index is 672. The number of aliphatic hydroxyl groups is 1. The van der Waals surface area contributed by atoms with E-state index in [-0.39, 0.29) is 6.10 Å². The lowest BCUT2D eigenvalue weighted by atomic mass is 9.47. The highest BCUT2D eigenvalue weighted by Gasteiger charge is 2.58. The summed E-state index contributed by atoms with van der Waals surface area (Å²) in [7, 11) is 0. The summed E-state index contributed by atoms with van der Waals surface area (Å²) in [5, 5.41) is 10.2. The predicted molar refractivity (Wildman–Crippen MR) is 119 cm³/mol. The van der Waals surface area contributed by atoms with Crippen molar-refractivity contribution in [1.82, 2.24) is 0 Å². The molecule has 0 radical (unpaired) electrons. The van der Waals surface area contributed by atoms with Crippen molar-refractivity contribution in [3.8, 4) is 0 Å². The lowest BCUT2D eigenvalue weighted by molar-refractivity contribution is -0.0540. The fraction of sp³-hybridized carbons (Fsp3) is 0.778. The highest BCUT2D eigenvalue weighted by molar-refractivity contribution is 5.25. The summed E-state index contributed by atoms with van der Waals surface area (Å²) in [4.78, 5) is 0. The first kappa shape index (κ1) is 20.5. The van der Waals surface area contributed by atoms with Crippen LogP contribution in [0.4, 0.5) is 0 Å². The topological polar surface area (TPSA) is 20.2 Å². The molecule has 0 saturated heterocycles. The molecule has 3 saturated carbocycles. The van der Waals surface area contributed by atoms with Crippen LogP contribution in [0, 0.1) is 40.4 Å². The van der Waals surface area contributed by atoms with Gasteiger partial charge in [0.1, 0.15) is 0 Å². The van der Waals surface area contributed by atoms with E-state index in [1.165, 1.54) is 44.1 Å². The molecule has 3 fully saturated rings. The first-order chi connectivity index (χ1) is 13.3. The molecule has 1 nitrogen and oxygen atoms in total. The third-order valence-electron chi connectivity index (χ3n) is 9.69. The van der Waals surface area contributed by atoms with Gasteiger partial charge in [-0.15, -0.1) is 0 Å². The fourth-order valence-electron chi connectivity index (χ4n) is 8.16. The third kappa shape index (κ3) is 3.26. The second-order valence-corrected chi connectivity index (χ2v) is 11.3. The monoisotopic (exact) mass is 382 g/mol. The normalized spacial score (nSPS) is 46.5. The van der Waals surface area contributed by atoms with E-state index in [1.807, 2.05) is 0 Å². The Kier molecular flexibility index (Phi) is 5.45. The summed E-state index contributed by atoms with van der Waals surface area (Å²) in [6.45, 7) is 13.8. The molecule has 8 atom stereocenters. The van der Waals surface area contributed by atoms with Crippen LogP contribution in [-0.2, 0) is 0 Å². The maximum Gasteiger partial charge on any atom is 0.0577 e. The van der Waals surface area contributed by atoms with Gasteiger partial charge in [-0.2, -0.15) is 0 Å². The van der Waals surface area contributed by atoms with Crippen molar-refractivity contribution in [2.45, 2.75) is 91.6 Å². The average molecular weight is 383 g/mol. The van der Waals surface area contributed by atoms with Crippen LogP contribution < -0.4 is 0 Å². The standard InChI is InChI=1S/C27H42O/c1-18(2)7-6-8-19(3)23-11-12-24-22-10-9-20-17-21(28)13-15-26(20,4)25(22)14-16-27(23,24)5/h6,8-9,19,21-25,28H,1,7,10-17H2,2-5H3/b8-6+/t19-,21+,22+,23-,24+,25+,26+,27-/m1/s1. The van der Waals surface area contributed by atoms with Gasteiger partial charge in [0.2, 0.25) is 0 Å². The lowest BCUT2D eigenvalue weighted by Crippen LogP contribution is -2.50. The van der Waals surface area contributed by atoms with E-state index in [0.717, 1.165) is 42.9 Å². The van der Waals surface area contributed by atoms with Crippen LogP contribution in [0.25, 0.3) is 0 Å². The van der Waals surface area contributed by atoms with Crippen LogP contribution in [0.15, 0.2) is 36.0 Å². The summed E-state index contributed by atoms with van der Waals surface area (Å²) in [5.74, 6) is 4.15. The molecule has 1 N–H and O–H groups in total. The zero-order valence-electron chi connectivity index (χ0n) is 18.7. The molecule has 0 bridgehead atoms. The predicted octanol–water partition coefficient (Wildman–Crippen LogP) is 7.08. The van der Waals surface area contributed by atoms with E-state index in [0.29, 0.717) is 16.7 Å². The zero-order valence-corrected chi connectivity index (χ0v) is 18.7. The summed E-state index contributed by atoms with van der Waals surface area (Å²) in [5.41, 5.74) is 3.75. The number of hydrogen-bond acceptors (Lipinski definition) is 1. The van der Waals surface area contributed by atoms with Gasteiger partial charge >= 0.3 is 0 Å². The number of rotatable bonds is 4. The SMILES string of the molecule is C=C(C)C/C=C/[C@@H](C)[C@H]1CC[C@H]2[C@@H]3CC=C4C[C@@H](O)CC[C@]4(C)[C@H]3CC[C@]12C. The lowest BCUT2D eigenvalue weighted by Gasteiger charge is -2.58. The van der Waals surface area contributed by atoms with Gasteiger partial charge in [0.05, 0.1) is 6.10 Å². The van der Waals surface area contributed by atoms with Gasteiger partial charge in [0, 0.05) is 0 Å². The summed E-state index contributed by atoms with van der Waals surface area (Å²) >= 11 is 0. The number of fused-ring (bicyclic) bond motifs is 5. The van der Waals surface area contributed by atoms with Gasteiger partial charge in [-0.25, -0.2) is 0 Å². The molecule has 4 aliphatic rings. The van der Waals surface area contributed by atoms with Gasteiger partial charge in [-0.05, 0) is 105 Å². The molecule has 4 aliphatic carbocycles. The highest BCUT2D eigenvalue weighted by atomic mass is 16.3. The van der Waals surface area contributed by atoms with Crippen molar-refractivity contribution in [2.75, 3.05) is 0 Å². The fourth-order valence-corrected chi connectivity index (χ4v) is 8.16. The number of allylic oxidation sites excluding steroid dienone is 4. The van der Waals surface area contributed by atoms with E-state index in [4.69, 9.17) is 0 Å². The summed E-state index contributed by atoms with van der Waals surface area (Å²) < 4.78 is 0. The number of aliphatic hydroxyl groups excluding tert-OH is 1. The van der Waals surface area contributed by atoms with Crippen LogP contribution in [0.5, 0.6) is 0 Å². The van der Waals surface area contributed by atoms with Crippen LogP contribution in [-0.4, -0.2) is 11.2 Å². The van der Waals surface area contributed by atoms with Crippen molar-refractivity contribution in [3.63, 3.8) is 0 Å². The molecule has 0 aliphatic heterocycles. The van der Waals surface area contributed by atoms with E-state index >= 15 is 0 Å². The Morgan fingerprint density at radius 1 is 1.21 bits per heavy atom. The molecular weight excluding hydrogens is 340 g/mol. The average Bonchev–Trinajstić information content (AvgIpc) is 2.99. The van der Waals surface area contributed by atoms with Gasteiger partial charge in [0.25, 0.3) is 0 Å². The van der Waals surface area contributed by atoms with Crippen LogP contribution >= 0.6 is 0 Å². The van der Waals surface area contributed by atoms with Crippen LogP contribution in [0.2, 0.25) is 0 Å². The van der Waals surface area contributed by atoms with Gasteiger partial charge < -0.3 is 5.11 Å². The zero-order chi connectivity index (χ0) is 20.1. The van der Waals surface area contributed by atoms with Crippen molar-refractivity contribution < 1.29 is 5.11 Å². The maximum absolute atomic E-state index is 10.2. The van der Waals surface area contributed by atoms with E-state index in [9.17, 15) is 5.11 Å². The molecule has 4 rings (SSSR count). The molecule has 0 amide bonds. The minimum Gasteiger partial charge on any atom is -0.393 e. The van der Waals surface area contributed by atoms with Gasteiger partial charge in [0.15, 0.2) is 0 Å². The molecule has 0 heterocycles. The molecule has 28 heavy (non-hydrogen) atoms. The number of hydrogen-bond donors (Lipinski definition) is 1. The van der Waals surface area contributed by atoms with Crippen molar-refractivity contribution in [3.05, 3.63) is 36.0 Å². The maximum atomic E-state index is 10.2. The van der Waals surface area contributed by atoms with Crippen LogP contribution in [0.3, 0.4) is 0 Å². The second-order valence-electron chi connectivity index (χ2n) is 11.3. The van der Waals surface area contributed by atoms with Crippen molar-refractivity contribution in [1.29, 1.82) is 0 Å². The Balaban J connectivity index is 1.54. The molecule has 0 aromatic heterocycles. The highest BCUT2D eigenvalue weighted by Crippen LogP contribution is 2.67. The third-order valence-corrected chi connectivity index (χ3v) is 9.69. The quantitative estimate of drug-likeness (QED) is 0.515. The molecule has 0 unspecified atom stereocenters. The smallest absolute Gasteiger partial charge is 0.0577 e. The second kappa shape index (κ2) is 7.46. The largest absolute Gasteiger partial charge is 0.393 e.